The summed E-state index contributed by atoms with van der Waals surface area (Å²) >= 11 is 2.00. The molecular weight excluding hydrogens is 242 g/mol. The summed E-state index contributed by atoms with van der Waals surface area (Å²) in [6, 6.07) is 3.15. The molecule has 0 aliphatic rings. The molecule has 18 heavy (non-hydrogen) atoms. The topological polar surface area (TPSA) is 29.9 Å². The Hall–Kier alpha value is -0.480. The summed E-state index contributed by atoms with van der Waals surface area (Å²) in [5.74, 6) is 2.36. The third-order valence-corrected chi connectivity index (χ3v) is 3.90. The van der Waals surface area contributed by atoms with Gasteiger partial charge in [-0.2, -0.15) is 16.9 Å². The van der Waals surface area contributed by atoms with E-state index in [2.05, 4.69) is 50.4 Å². The molecule has 0 radical (unpaired) electrons. The predicted octanol–water partition coefficient (Wildman–Crippen LogP) is 3.13. The summed E-state index contributed by atoms with van der Waals surface area (Å²) in [7, 11) is 0. The lowest BCUT2D eigenvalue weighted by Gasteiger charge is -2.16. The van der Waals surface area contributed by atoms with Gasteiger partial charge in [-0.3, -0.25) is 4.68 Å². The Morgan fingerprint density at radius 3 is 2.72 bits per heavy atom. The summed E-state index contributed by atoms with van der Waals surface area (Å²) in [5, 5.41) is 8.25. The van der Waals surface area contributed by atoms with Crippen LogP contribution in [0.25, 0.3) is 0 Å². The molecule has 0 fully saturated rings. The number of nitrogens with one attached hydrogen (secondary N) is 1. The minimum Gasteiger partial charge on any atom is -0.313 e. The van der Waals surface area contributed by atoms with Crippen LogP contribution in [-0.2, 0) is 6.42 Å². The molecule has 1 aromatic heterocycles. The number of aromatic nitrogens is 2. The molecule has 1 N–H and O–H groups in total. The average molecular weight is 269 g/mol. The van der Waals surface area contributed by atoms with Gasteiger partial charge in [-0.25, -0.2) is 0 Å². The van der Waals surface area contributed by atoms with Gasteiger partial charge in [0.25, 0.3) is 0 Å². The molecule has 0 aromatic carbocycles. The highest BCUT2D eigenvalue weighted by Gasteiger charge is 2.11. The maximum atomic E-state index is 4.63. The molecule has 1 rings (SSSR count). The minimum atomic E-state index is 0.450. The van der Waals surface area contributed by atoms with Gasteiger partial charge in [0.15, 0.2) is 0 Å². The quantitative estimate of drug-likeness (QED) is 0.747. The van der Waals surface area contributed by atoms with E-state index >= 15 is 0 Å². The van der Waals surface area contributed by atoms with Crippen molar-refractivity contribution in [3.8, 4) is 0 Å². The fraction of sp³-hybridized carbons (Fsp3) is 0.786. The molecule has 0 spiro atoms. The van der Waals surface area contributed by atoms with Crippen LogP contribution in [0.3, 0.4) is 0 Å². The highest BCUT2D eigenvalue weighted by atomic mass is 32.2. The number of thioether (sulfide) groups is 1. The molecule has 0 aliphatic heterocycles. The standard InChI is InChI=1S/C14H27N3S/c1-5-8-15-14(11-18-6-2)10-13-7-9-17(16-13)12(3)4/h7,9,12,14-15H,5-6,8,10-11H2,1-4H3. The number of nitrogens with zero attached hydrogens (tertiary/aromatic N) is 2. The number of rotatable bonds is 9. The van der Waals surface area contributed by atoms with Crippen molar-refractivity contribution in [2.75, 3.05) is 18.1 Å². The Balaban J connectivity index is 2.51. The Kier molecular flexibility index (Phi) is 7.44. The van der Waals surface area contributed by atoms with Gasteiger partial charge >= 0.3 is 0 Å². The summed E-state index contributed by atoms with van der Waals surface area (Å²) < 4.78 is 2.04. The fourth-order valence-electron chi connectivity index (χ4n) is 1.82. The van der Waals surface area contributed by atoms with Crippen molar-refractivity contribution < 1.29 is 0 Å². The number of hydrogen-bond acceptors (Lipinski definition) is 3. The van der Waals surface area contributed by atoms with Gasteiger partial charge in [0.1, 0.15) is 0 Å². The van der Waals surface area contributed by atoms with Crippen LogP contribution in [0.15, 0.2) is 12.3 Å². The minimum absolute atomic E-state index is 0.450. The lowest BCUT2D eigenvalue weighted by molar-refractivity contribution is 0.509. The zero-order valence-electron chi connectivity index (χ0n) is 12.1. The Bertz CT molecular complexity index is 315. The molecule has 1 heterocycles. The van der Waals surface area contributed by atoms with E-state index in [1.165, 1.54) is 23.6 Å². The van der Waals surface area contributed by atoms with Crippen molar-refractivity contribution in [2.24, 2.45) is 0 Å². The van der Waals surface area contributed by atoms with Crippen molar-refractivity contribution in [3.63, 3.8) is 0 Å². The van der Waals surface area contributed by atoms with Crippen LogP contribution in [0.4, 0.5) is 0 Å². The van der Waals surface area contributed by atoms with Crippen LogP contribution >= 0.6 is 11.8 Å². The van der Waals surface area contributed by atoms with Crippen LogP contribution in [0.2, 0.25) is 0 Å². The Morgan fingerprint density at radius 1 is 1.39 bits per heavy atom. The molecule has 1 atom stereocenters. The zero-order chi connectivity index (χ0) is 13.4. The normalized spacial score (nSPS) is 13.2. The third-order valence-electron chi connectivity index (χ3n) is 2.85. The molecule has 0 aliphatic carbocycles. The van der Waals surface area contributed by atoms with E-state index in [-0.39, 0.29) is 0 Å². The highest BCUT2D eigenvalue weighted by molar-refractivity contribution is 7.99. The van der Waals surface area contributed by atoms with E-state index in [1.807, 2.05) is 16.4 Å². The van der Waals surface area contributed by atoms with Crippen molar-refractivity contribution in [3.05, 3.63) is 18.0 Å². The van der Waals surface area contributed by atoms with Crippen molar-refractivity contribution in [2.45, 2.75) is 52.6 Å². The molecule has 0 saturated carbocycles. The van der Waals surface area contributed by atoms with Crippen LogP contribution < -0.4 is 5.32 Å². The van der Waals surface area contributed by atoms with Gasteiger partial charge in [-0.15, -0.1) is 0 Å². The molecule has 0 saturated heterocycles. The first kappa shape index (κ1) is 15.6. The molecule has 1 aromatic rings. The Labute approximate surface area is 116 Å². The molecule has 0 amide bonds. The summed E-state index contributed by atoms with van der Waals surface area (Å²) in [6.07, 6.45) is 4.31. The molecule has 3 nitrogen and oxygen atoms in total. The van der Waals surface area contributed by atoms with E-state index in [9.17, 15) is 0 Å². The lowest BCUT2D eigenvalue weighted by Crippen LogP contribution is -2.34. The number of hydrogen-bond donors (Lipinski definition) is 1. The first-order chi connectivity index (χ1) is 8.67. The average Bonchev–Trinajstić information content (AvgIpc) is 2.81. The predicted molar refractivity (Wildman–Crippen MR) is 81.4 cm³/mol. The van der Waals surface area contributed by atoms with Crippen molar-refractivity contribution in [1.29, 1.82) is 0 Å². The highest BCUT2D eigenvalue weighted by Crippen LogP contribution is 2.10. The van der Waals surface area contributed by atoms with Gasteiger partial charge in [0, 0.05) is 30.5 Å². The van der Waals surface area contributed by atoms with Gasteiger partial charge < -0.3 is 5.32 Å². The van der Waals surface area contributed by atoms with E-state index < -0.39 is 0 Å². The first-order valence-corrected chi connectivity index (χ1v) is 8.18. The fourth-order valence-corrected chi connectivity index (χ4v) is 2.58. The largest absolute Gasteiger partial charge is 0.313 e. The van der Waals surface area contributed by atoms with E-state index in [0.29, 0.717) is 12.1 Å². The van der Waals surface area contributed by atoms with Crippen LogP contribution in [0.5, 0.6) is 0 Å². The van der Waals surface area contributed by atoms with Gasteiger partial charge in [0.2, 0.25) is 0 Å². The second kappa shape index (κ2) is 8.59. The third kappa shape index (κ3) is 5.44. The van der Waals surface area contributed by atoms with E-state index in [1.54, 1.807) is 0 Å². The second-order valence-electron chi connectivity index (χ2n) is 4.90. The van der Waals surface area contributed by atoms with E-state index in [0.717, 1.165) is 13.0 Å². The smallest absolute Gasteiger partial charge is 0.0640 e. The SMILES string of the molecule is CCCNC(CSCC)Cc1ccn(C(C)C)n1. The second-order valence-corrected chi connectivity index (χ2v) is 6.21. The van der Waals surface area contributed by atoms with Crippen LogP contribution in [0, 0.1) is 0 Å². The lowest BCUT2D eigenvalue weighted by atomic mass is 10.2. The maximum absolute atomic E-state index is 4.63. The molecule has 104 valence electrons. The summed E-state index contributed by atoms with van der Waals surface area (Å²) in [4.78, 5) is 0. The van der Waals surface area contributed by atoms with Crippen molar-refractivity contribution >= 4 is 11.8 Å². The van der Waals surface area contributed by atoms with Gasteiger partial charge in [0.05, 0.1) is 5.69 Å². The summed E-state index contributed by atoms with van der Waals surface area (Å²) in [5.41, 5.74) is 1.20. The first-order valence-electron chi connectivity index (χ1n) is 7.02. The van der Waals surface area contributed by atoms with Crippen molar-refractivity contribution in [1.82, 2.24) is 15.1 Å². The molecular formula is C14H27N3S. The summed E-state index contributed by atoms with van der Waals surface area (Å²) in [6.45, 7) is 9.85. The van der Waals surface area contributed by atoms with Gasteiger partial charge in [-0.1, -0.05) is 13.8 Å². The van der Waals surface area contributed by atoms with Gasteiger partial charge in [-0.05, 0) is 38.6 Å². The van der Waals surface area contributed by atoms with Crippen LogP contribution in [-0.4, -0.2) is 33.9 Å². The zero-order valence-corrected chi connectivity index (χ0v) is 13.0. The Morgan fingerprint density at radius 2 is 2.17 bits per heavy atom. The monoisotopic (exact) mass is 269 g/mol. The molecule has 1 unspecified atom stereocenters. The molecule has 0 bridgehead atoms. The van der Waals surface area contributed by atoms with Crippen LogP contribution in [0.1, 0.15) is 45.9 Å². The van der Waals surface area contributed by atoms with E-state index in [4.69, 9.17) is 0 Å². The molecule has 4 heteroatoms. The maximum Gasteiger partial charge on any atom is 0.0640 e.